The molecule has 0 atom stereocenters. The Morgan fingerprint density at radius 2 is 2.00 bits per heavy atom. The number of fused-ring (bicyclic) bond motifs is 2. The molecule has 8 heteroatoms. The molecule has 5 rings (SSSR count). The molecule has 4 aromatic rings. The first-order valence-corrected chi connectivity index (χ1v) is 8.53. The summed E-state index contributed by atoms with van der Waals surface area (Å²) >= 11 is 5.89. The Kier molecular flexibility index (Phi) is 3.33. The standard InChI is InChI=1S/C18H12ClF2N5/c19-12-6-11(13(20)7-14(12)21)17-18(25-5-1-2-16(25)24-17)10-3-4-15-22-9-23-26(15)8-10/h3-4,6-9H,1-2,5H2. The maximum Gasteiger partial charge on any atom is 0.155 e. The van der Waals surface area contributed by atoms with Crippen molar-refractivity contribution in [3.05, 3.63) is 59.3 Å². The normalized spacial score (nSPS) is 13.5. The van der Waals surface area contributed by atoms with Crippen LogP contribution in [0.15, 0.2) is 36.8 Å². The average Bonchev–Trinajstić information content (AvgIpc) is 3.32. The number of pyridine rings is 1. The number of halogens is 3. The molecule has 0 aliphatic carbocycles. The highest BCUT2D eigenvalue weighted by Crippen LogP contribution is 2.38. The summed E-state index contributed by atoms with van der Waals surface area (Å²) in [5, 5.41) is 4.03. The molecule has 0 radical (unpaired) electrons. The highest BCUT2D eigenvalue weighted by Gasteiger charge is 2.25. The zero-order chi connectivity index (χ0) is 17.8. The third-order valence-corrected chi connectivity index (χ3v) is 4.93. The van der Waals surface area contributed by atoms with Gasteiger partial charge in [0.15, 0.2) is 5.65 Å². The Morgan fingerprint density at radius 3 is 2.88 bits per heavy atom. The molecule has 0 saturated heterocycles. The highest BCUT2D eigenvalue weighted by atomic mass is 35.5. The summed E-state index contributed by atoms with van der Waals surface area (Å²) in [6.07, 6.45) is 5.10. The van der Waals surface area contributed by atoms with Crippen molar-refractivity contribution in [3.8, 4) is 22.5 Å². The van der Waals surface area contributed by atoms with Gasteiger partial charge in [0.1, 0.15) is 23.8 Å². The predicted molar refractivity (Wildman–Crippen MR) is 92.9 cm³/mol. The fourth-order valence-corrected chi connectivity index (χ4v) is 3.63. The molecule has 0 N–H and O–H groups in total. The number of rotatable bonds is 2. The van der Waals surface area contributed by atoms with E-state index in [0.717, 1.165) is 42.5 Å². The molecule has 0 bridgehead atoms. The maximum atomic E-state index is 14.5. The lowest BCUT2D eigenvalue weighted by atomic mass is 10.1. The molecule has 4 heterocycles. The Labute approximate surface area is 151 Å². The number of aryl methyl sites for hydroxylation is 1. The molecule has 0 unspecified atom stereocenters. The van der Waals surface area contributed by atoms with Crippen LogP contribution in [0.1, 0.15) is 12.2 Å². The SMILES string of the molecule is Fc1cc(F)c(-c2nc3n(c2-c2ccc4ncnn4c2)CCC3)cc1Cl. The zero-order valence-electron chi connectivity index (χ0n) is 13.5. The fourth-order valence-electron chi connectivity index (χ4n) is 3.47. The summed E-state index contributed by atoms with van der Waals surface area (Å²) in [4.78, 5) is 8.77. The van der Waals surface area contributed by atoms with Gasteiger partial charge in [0, 0.05) is 36.4 Å². The van der Waals surface area contributed by atoms with Crippen molar-refractivity contribution in [2.45, 2.75) is 19.4 Å². The van der Waals surface area contributed by atoms with Crippen LogP contribution < -0.4 is 0 Å². The minimum Gasteiger partial charge on any atom is -0.327 e. The molecule has 1 aliphatic rings. The minimum absolute atomic E-state index is 0.132. The van der Waals surface area contributed by atoms with Crippen LogP contribution >= 0.6 is 11.6 Å². The van der Waals surface area contributed by atoms with Crippen molar-refractivity contribution in [1.82, 2.24) is 24.1 Å². The molecule has 0 fully saturated rings. The van der Waals surface area contributed by atoms with E-state index >= 15 is 0 Å². The number of aromatic nitrogens is 5. The Hall–Kier alpha value is -2.80. The number of hydrogen-bond acceptors (Lipinski definition) is 3. The van der Waals surface area contributed by atoms with Gasteiger partial charge in [0.2, 0.25) is 0 Å². The van der Waals surface area contributed by atoms with Crippen LogP contribution in [0, 0.1) is 11.6 Å². The van der Waals surface area contributed by atoms with Gasteiger partial charge in [0.05, 0.1) is 16.4 Å². The van der Waals surface area contributed by atoms with E-state index in [9.17, 15) is 8.78 Å². The van der Waals surface area contributed by atoms with Crippen LogP contribution in [0.4, 0.5) is 8.78 Å². The lowest BCUT2D eigenvalue weighted by molar-refractivity contribution is 0.585. The Bertz CT molecular complexity index is 1160. The molecule has 130 valence electrons. The molecule has 26 heavy (non-hydrogen) atoms. The molecule has 5 nitrogen and oxygen atoms in total. The highest BCUT2D eigenvalue weighted by molar-refractivity contribution is 6.31. The number of nitrogens with zero attached hydrogens (tertiary/aromatic N) is 5. The van der Waals surface area contributed by atoms with Crippen LogP contribution in [0.25, 0.3) is 28.2 Å². The van der Waals surface area contributed by atoms with E-state index in [4.69, 9.17) is 11.6 Å². The van der Waals surface area contributed by atoms with Gasteiger partial charge in [0.25, 0.3) is 0 Å². The van der Waals surface area contributed by atoms with Crippen molar-refractivity contribution in [2.75, 3.05) is 0 Å². The Morgan fingerprint density at radius 1 is 1.12 bits per heavy atom. The quantitative estimate of drug-likeness (QED) is 0.498. The minimum atomic E-state index is -0.787. The number of benzene rings is 1. The molecule has 1 aliphatic heterocycles. The van der Waals surface area contributed by atoms with Gasteiger partial charge in [-0.3, -0.25) is 0 Å². The van der Waals surface area contributed by atoms with Gasteiger partial charge in [-0.05, 0) is 24.6 Å². The van der Waals surface area contributed by atoms with Gasteiger partial charge in [-0.25, -0.2) is 23.3 Å². The van der Waals surface area contributed by atoms with E-state index in [1.165, 1.54) is 12.4 Å². The molecule has 3 aromatic heterocycles. The average molecular weight is 372 g/mol. The smallest absolute Gasteiger partial charge is 0.155 e. The third-order valence-electron chi connectivity index (χ3n) is 4.64. The van der Waals surface area contributed by atoms with Gasteiger partial charge < -0.3 is 4.57 Å². The van der Waals surface area contributed by atoms with Gasteiger partial charge >= 0.3 is 0 Å². The summed E-state index contributed by atoms with van der Waals surface area (Å²) in [6, 6.07) is 5.84. The molecular weight excluding hydrogens is 360 g/mol. The van der Waals surface area contributed by atoms with Crippen LogP contribution in [0.3, 0.4) is 0 Å². The number of hydrogen-bond donors (Lipinski definition) is 0. The van der Waals surface area contributed by atoms with Crippen LogP contribution in [-0.4, -0.2) is 24.1 Å². The molecule has 0 spiro atoms. The maximum absolute atomic E-state index is 14.5. The fraction of sp³-hybridized carbons (Fsp3) is 0.167. The van der Waals surface area contributed by atoms with Crippen molar-refractivity contribution in [1.29, 1.82) is 0 Å². The van der Waals surface area contributed by atoms with Crippen molar-refractivity contribution in [2.24, 2.45) is 0 Å². The monoisotopic (exact) mass is 371 g/mol. The van der Waals surface area contributed by atoms with E-state index in [1.54, 1.807) is 4.52 Å². The van der Waals surface area contributed by atoms with E-state index in [0.29, 0.717) is 11.3 Å². The first-order chi connectivity index (χ1) is 12.6. The first kappa shape index (κ1) is 15.5. The van der Waals surface area contributed by atoms with Gasteiger partial charge in [-0.1, -0.05) is 11.6 Å². The predicted octanol–water partition coefficient (Wildman–Crippen LogP) is 4.14. The van der Waals surface area contributed by atoms with Gasteiger partial charge in [-0.15, -0.1) is 0 Å². The summed E-state index contributed by atoms with van der Waals surface area (Å²) in [5.41, 5.74) is 2.97. The summed E-state index contributed by atoms with van der Waals surface area (Å²) < 4.78 is 31.8. The summed E-state index contributed by atoms with van der Waals surface area (Å²) in [7, 11) is 0. The van der Waals surface area contributed by atoms with Crippen molar-refractivity contribution in [3.63, 3.8) is 0 Å². The summed E-state index contributed by atoms with van der Waals surface area (Å²) in [6.45, 7) is 0.795. The molecule has 0 amide bonds. The van der Waals surface area contributed by atoms with Crippen molar-refractivity contribution < 1.29 is 8.78 Å². The second-order valence-corrected chi connectivity index (χ2v) is 6.61. The second-order valence-electron chi connectivity index (χ2n) is 6.21. The molecular formula is C18H12ClF2N5. The summed E-state index contributed by atoms with van der Waals surface area (Å²) in [5.74, 6) is -0.592. The molecule has 0 saturated carbocycles. The Balaban J connectivity index is 1.78. The van der Waals surface area contributed by atoms with E-state index in [2.05, 4.69) is 19.6 Å². The third kappa shape index (κ3) is 2.24. The lowest BCUT2D eigenvalue weighted by Crippen LogP contribution is -1.99. The topological polar surface area (TPSA) is 48.0 Å². The zero-order valence-corrected chi connectivity index (χ0v) is 14.2. The van der Waals surface area contributed by atoms with E-state index in [1.807, 2.05) is 18.3 Å². The van der Waals surface area contributed by atoms with Crippen LogP contribution in [0.2, 0.25) is 5.02 Å². The van der Waals surface area contributed by atoms with Gasteiger partial charge in [-0.2, -0.15) is 5.10 Å². The van der Waals surface area contributed by atoms with Crippen LogP contribution in [0.5, 0.6) is 0 Å². The number of imidazole rings is 1. The second kappa shape index (κ2) is 5.60. The molecule has 1 aromatic carbocycles. The van der Waals surface area contributed by atoms with Crippen LogP contribution in [-0.2, 0) is 13.0 Å². The van der Waals surface area contributed by atoms with Crippen molar-refractivity contribution >= 4 is 17.2 Å². The van der Waals surface area contributed by atoms with E-state index in [-0.39, 0.29) is 10.6 Å². The largest absolute Gasteiger partial charge is 0.327 e. The lowest BCUT2D eigenvalue weighted by Gasteiger charge is -2.10. The van der Waals surface area contributed by atoms with E-state index < -0.39 is 11.6 Å². The first-order valence-electron chi connectivity index (χ1n) is 8.16.